The number of thiophene rings is 1. The third-order valence-corrected chi connectivity index (χ3v) is 3.85. The lowest BCUT2D eigenvalue weighted by Gasteiger charge is -2.17. The largest absolute Gasteiger partial charge is 0.493 e. The van der Waals surface area contributed by atoms with Gasteiger partial charge in [0.15, 0.2) is 11.5 Å². The quantitative estimate of drug-likeness (QED) is 0.920. The van der Waals surface area contributed by atoms with Crippen molar-refractivity contribution < 1.29 is 14.2 Å². The van der Waals surface area contributed by atoms with Crippen molar-refractivity contribution >= 4 is 23.7 Å². The molecule has 2 rings (SSSR count). The molecular formula is C14H18ClNO3S. The van der Waals surface area contributed by atoms with Crippen LogP contribution in [0.2, 0.25) is 0 Å². The van der Waals surface area contributed by atoms with Gasteiger partial charge in [0.25, 0.3) is 0 Å². The highest BCUT2D eigenvalue weighted by Crippen LogP contribution is 2.40. The normalized spacial score (nSPS) is 11.4. The fraction of sp³-hybridized carbons (Fsp3) is 0.286. The fourth-order valence-electron chi connectivity index (χ4n) is 1.91. The molecule has 20 heavy (non-hydrogen) atoms. The van der Waals surface area contributed by atoms with E-state index >= 15 is 0 Å². The van der Waals surface area contributed by atoms with Crippen LogP contribution in [0, 0.1) is 0 Å². The van der Waals surface area contributed by atoms with Crippen LogP contribution in [0.3, 0.4) is 0 Å². The maximum Gasteiger partial charge on any atom is 0.203 e. The van der Waals surface area contributed by atoms with Gasteiger partial charge in [0.1, 0.15) is 0 Å². The van der Waals surface area contributed by atoms with Crippen LogP contribution in [0.4, 0.5) is 0 Å². The van der Waals surface area contributed by atoms with E-state index in [1.165, 1.54) is 0 Å². The zero-order valence-electron chi connectivity index (χ0n) is 11.6. The highest BCUT2D eigenvalue weighted by atomic mass is 35.5. The second-order valence-corrected chi connectivity index (χ2v) is 4.93. The van der Waals surface area contributed by atoms with Crippen LogP contribution >= 0.6 is 23.7 Å². The Hall–Kier alpha value is -1.43. The van der Waals surface area contributed by atoms with E-state index in [9.17, 15) is 0 Å². The van der Waals surface area contributed by atoms with E-state index in [0.29, 0.717) is 17.2 Å². The predicted octanol–water partition coefficient (Wildman–Crippen LogP) is 3.24. The molecule has 6 heteroatoms. The van der Waals surface area contributed by atoms with Gasteiger partial charge in [-0.25, -0.2) is 0 Å². The van der Waals surface area contributed by atoms with Gasteiger partial charge in [-0.2, -0.15) is 0 Å². The lowest BCUT2D eigenvalue weighted by atomic mass is 10.0. The molecule has 0 aliphatic rings. The number of hydrogen-bond acceptors (Lipinski definition) is 5. The minimum atomic E-state index is -0.200. The second kappa shape index (κ2) is 7.38. The van der Waals surface area contributed by atoms with Gasteiger partial charge in [-0.15, -0.1) is 23.7 Å². The van der Waals surface area contributed by atoms with E-state index in [0.717, 1.165) is 10.4 Å². The van der Waals surface area contributed by atoms with Crippen molar-refractivity contribution in [3.05, 3.63) is 40.1 Å². The lowest BCUT2D eigenvalue weighted by molar-refractivity contribution is 0.323. The van der Waals surface area contributed by atoms with Crippen LogP contribution in [0.5, 0.6) is 17.2 Å². The summed E-state index contributed by atoms with van der Waals surface area (Å²) in [6.45, 7) is 0. The average Bonchev–Trinajstić information content (AvgIpc) is 2.98. The molecule has 1 aromatic heterocycles. The molecule has 1 aromatic carbocycles. The Morgan fingerprint density at radius 1 is 1.05 bits per heavy atom. The van der Waals surface area contributed by atoms with Crippen LogP contribution in [-0.4, -0.2) is 21.3 Å². The Bertz CT molecular complexity index is 520. The van der Waals surface area contributed by atoms with Crippen molar-refractivity contribution in [3.8, 4) is 17.2 Å². The first kappa shape index (κ1) is 16.6. The first-order chi connectivity index (χ1) is 9.21. The zero-order valence-corrected chi connectivity index (χ0v) is 13.2. The molecule has 0 aliphatic heterocycles. The SMILES string of the molecule is COc1cc([C@@H](N)c2cccs2)cc(OC)c1OC.Cl. The van der Waals surface area contributed by atoms with E-state index in [1.807, 2.05) is 29.6 Å². The maximum atomic E-state index is 6.26. The number of methoxy groups -OCH3 is 3. The smallest absolute Gasteiger partial charge is 0.203 e. The van der Waals surface area contributed by atoms with E-state index < -0.39 is 0 Å². The Morgan fingerprint density at radius 3 is 2.05 bits per heavy atom. The summed E-state index contributed by atoms with van der Waals surface area (Å²) in [5.41, 5.74) is 7.19. The maximum absolute atomic E-state index is 6.26. The van der Waals surface area contributed by atoms with Gasteiger partial charge < -0.3 is 19.9 Å². The van der Waals surface area contributed by atoms with Crippen molar-refractivity contribution in [2.75, 3.05) is 21.3 Å². The first-order valence-electron chi connectivity index (χ1n) is 5.80. The van der Waals surface area contributed by atoms with Gasteiger partial charge in [-0.1, -0.05) is 6.07 Å². The van der Waals surface area contributed by atoms with E-state index in [4.69, 9.17) is 19.9 Å². The molecule has 1 heterocycles. The molecule has 110 valence electrons. The van der Waals surface area contributed by atoms with Gasteiger partial charge >= 0.3 is 0 Å². The van der Waals surface area contributed by atoms with Gasteiger partial charge in [0.2, 0.25) is 5.75 Å². The van der Waals surface area contributed by atoms with Crippen LogP contribution in [0.15, 0.2) is 29.6 Å². The Morgan fingerprint density at radius 2 is 1.65 bits per heavy atom. The van der Waals surface area contributed by atoms with E-state index in [1.54, 1.807) is 32.7 Å². The molecule has 2 aromatic rings. The van der Waals surface area contributed by atoms with Crippen molar-refractivity contribution in [1.29, 1.82) is 0 Å². The Kier molecular flexibility index (Phi) is 6.13. The summed E-state index contributed by atoms with van der Waals surface area (Å²) in [6.07, 6.45) is 0. The van der Waals surface area contributed by atoms with Gasteiger partial charge in [0.05, 0.1) is 27.4 Å². The van der Waals surface area contributed by atoms with Crippen LogP contribution in [0.1, 0.15) is 16.5 Å². The van der Waals surface area contributed by atoms with E-state index in [-0.39, 0.29) is 18.4 Å². The third kappa shape index (κ3) is 3.17. The summed E-state index contributed by atoms with van der Waals surface area (Å²) in [6, 6.07) is 7.56. The van der Waals surface area contributed by atoms with Gasteiger partial charge in [0, 0.05) is 4.88 Å². The summed E-state index contributed by atoms with van der Waals surface area (Å²) < 4.78 is 16.0. The van der Waals surface area contributed by atoms with Gasteiger partial charge in [-0.3, -0.25) is 0 Å². The summed E-state index contributed by atoms with van der Waals surface area (Å²) in [4.78, 5) is 1.09. The number of benzene rings is 1. The molecule has 0 bridgehead atoms. The Balaban J connectivity index is 0.00000200. The number of halogens is 1. The summed E-state index contributed by atoms with van der Waals surface area (Å²) in [5, 5.41) is 2.01. The monoisotopic (exact) mass is 315 g/mol. The predicted molar refractivity (Wildman–Crippen MR) is 83.7 cm³/mol. The molecule has 0 radical (unpaired) electrons. The minimum Gasteiger partial charge on any atom is -0.493 e. The van der Waals surface area contributed by atoms with Gasteiger partial charge in [-0.05, 0) is 29.1 Å². The zero-order chi connectivity index (χ0) is 13.8. The molecular weight excluding hydrogens is 298 g/mol. The topological polar surface area (TPSA) is 53.7 Å². The van der Waals surface area contributed by atoms with Crippen LogP contribution in [0.25, 0.3) is 0 Å². The fourth-order valence-corrected chi connectivity index (χ4v) is 2.67. The molecule has 2 N–H and O–H groups in total. The average molecular weight is 316 g/mol. The number of rotatable bonds is 5. The van der Waals surface area contributed by atoms with Crippen molar-refractivity contribution in [3.63, 3.8) is 0 Å². The third-order valence-electron chi connectivity index (χ3n) is 2.90. The summed E-state index contributed by atoms with van der Waals surface area (Å²) >= 11 is 1.62. The highest BCUT2D eigenvalue weighted by molar-refractivity contribution is 7.10. The number of nitrogens with two attached hydrogens (primary N) is 1. The summed E-state index contributed by atoms with van der Waals surface area (Å²) in [7, 11) is 4.77. The second-order valence-electron chi connectivity index (χ2n) is 3.95. The first-order valence-corrected chi connectivity index (χ1v) is 6.68. The molecule has 1 atom stereocenters. The van der Waals surface area contributed by atoms with Crippen molar-refractivity contribution in [2.24, 2.45) is 5.73 Å². The molecule has 0 saturated carbocycles. The molecule has 0 spiro atoms. The molecule has 0 saturated heterocycles. The molecule has 0 unspecified atom stereocenters. The molecule has 0 fully saturated rings. The van der Waals surface area contributed by atoms with Crippen LogP contribution in [-0.2, 0) is 0 Å². The van der Waals surface area contributed by atoms with Crippen molar-refractivity contribution in [2.45, 2.75) is 6.04 Å². The minimum absolute atomic E-state index is 0. The highest BCUT2D eigenvalue weighted by Gasteiger charge is 2.18. The summed E-state index contributed by atoms with van der Waals surface area (Å²) in [5.74, 6) is 1.81. The van der Waals surface area contributed by atoms with Crippen LogP contribution < -0.4 is 19.9 Å². The molecule has 0 amide bonds. The number of ether oxygens (including phenoxy) is 3. The standard InChI is InChI=1S/C14H17NO3S.ClH/c1-16-10-7-9(8-11(17-2)14(10)18-3)13(15)12-5-4-6-19-12;/h4-8,13H,15H2,1-3H3;1H/t13-;/m1./s1. The molecule has 0 aliphatic carbocycles. The van der Waals surface area contributed by atoms with Crippen molar-refractivity contribution in [1.82, 2.24) is 0 Å². The van der Waals surface area contributed by atoms with E-state index in [2.05, 4.69) is 0 Å². The molecule has 4 nitrogen and oxygen atoms in total. The lowest BCUT2D eigenvalue weighted by Crippen LogP contribution is -2.11. The Labute approximate surface area is 128 Å². The number of hydrogen-bond donors (Lipinski definition) is 1.